The van der Waals surface area contributed by atoms with Crippen LogP contribution in [-0.4, -0.2) is 40.7 Å². The van der Waals surface area contributed by atoms with Crippen LogP contribution in [0.25, 0.3) is 60.5 Å². The molecule has 3 heterocycles. The first-order valence-corrected chi connectivity index (χ1v) is 17.0. The third kappa shape index (κ3) is 5.17. The highest BCUT2D eigenvalue weighted by molar-refractivity contribution is 6.19. The van der Waals surface area contributed by atoms with Crippen LogP contribution < -0.4 is 0 Å². The van der Waals surface area contributed by atoms with Crippen LogP contribution in [0.2, 0.25) is 0 Å². The van der Waals surface area contributed by atoms with Gasteiger partial charge in [0.1, 0.15) is 11.2 Å². The third-order valence-corrected chi connectivity index (χ3v) is 9.60. The summed E-state index contributed by atoms with van der Waals surface area (Å²) in [5, 5.41) is 4.86. The van der Waals surface area contributed by atoms with Crippen molar-refractivity contribution in [2.45, 2.75) is 38.9 Å². The molecule has 49 heavy (non-hydrogen) atoms. The lowest BCUT2D eigenvalue weighted by Gasteiger charge is -2.17. The summed E-state index contributed by atoms with van der Waals surface area (Å²) in [5.41, 5.74) is 9.58. The van der Waals surface area contributed by atoms with E-state index in [4.69, 9.17) is 9.47 Å². The van der Waals surface area contributed by atoms with Gasteiger partial charge >= 0.3 is 0 Å². The molecule has 0 atom stereocenters. The van der Waals surface area contributed by atoms with Crippen molar-refractivity contribution >= 4 is 44.4 Å². The Morgan fingerprint density at radius 2 is 1.02 bits per heavy atom. The van der Waals surface area contributed by atoms with Gasteiger partial charge in [-0.25, -0.2) is 9.98 Å². The number of rotatable bonds is 5. The normalized spacial score (nSPS) is 16.5. The van der Waals surface area contributed by atoms with Crippen LogP contribution in [0.5, 0.6) is 0 Å². The molecule has 1 aromatic heterocycles. The second-order valence-corrected chi connectivity index (χ2v) is 14.4. The molecule has 0 aliphatic carbocycles. The number of hydrogen-bond donors (Lipinski definition) is 0. The maximum Gasteiger partial charge on any atom is 0.216 e. The zero-order valence-corrected chi connectivity index (χ0v) is 28.2. The Balaban J connectivity index is 1.18. The topological polar surface area (TPSA) is 48.1 Å². The van der Waals surface area contributed by atoms with E-state index in [9.17, 15) is 0 Å². The molecular weight excluding hydrogens is 603 g/mol. The molecule has 2 aliphatic rings. The largest absolute Gasteiger partial charge is 0.469 e. The van der Waals surface area contributed by atoms with Crippen LogP contribution in [0, 0.1) is 0 Å². The fourth-order valence-corrected chi connectivity index (χ4v) is 7.18. The number of benzene rings is 6. The SMILES string of the molecule is CC1(C)CN=C(c2cccc(-c3ccc4c(ccc5c6ccc(-c7cccc(C8=NCC(C)(C)O8)c7)cc6n(-c6ccccc6)c45)c3)c2)O1. The van der Waals surface area contributed by atoms with Crippen LogP contribution in [0.15, 0.2) is 137 Å². The number of aliphatic imine (C=N–C) groups is 2. The monoisotopic (exact) mass is 639 g/mol. The highest BCUT2D eigenvalue weighted by Gasteiger charge is 2.29. The summed E-state index contributed by atoms with van der Waals surface area (Å²) >= 11 is 0. The standard InChI is InChI=1S/C44H37N3O2/c1-43(2)26-45-41(48-43)33-12-8-10-28(23-33)30-16-19-36-32(22-30)18-21-38-37-20-17-31(25-39(37)47(40(36)38)35-14-6-5-7-15-35)29-11-9-13-34(24-29)42-46-27-44(3,4)49-42/h5-25H,26-27H2,1-4H3. The first kappa shape index (κ1) is 29.5. The molecule has 0 saturated carbocycles. The second-order valence-electron chi connectivity index (χ2n) is 14.4. The summed E-state index contributed by atoms with van der Waals surface area (Å²) in [7, 11) is 0. The number of hydrogen-bond acceptors (Lipinski definition) is 4. The van der Waals surface area contributed by atoms with E-state index in [2.05, 4.69) is 170 Å². The molecule has 0 N–H and O–H groups in total. The number of fused-ring (bicyclic) bond motifs is 5. The Morgan fingerprint density at radius 1 is 0.490 bits per heavy atom. The van der Waals surface area contributed by atoms with E-state index in [1.165, 1.54) is 32.6 Å². The van der Waals surface area contributed by atoms with E-state index in [0.29, 0.717) is 19.0 Å². The lowest BCUT2D eigenvalue weighted by atomic mass is 9.98. The van der Waals surface area contributed by atoms with Crippen molar-refractivity contribution in [3.8, 4) is 27.9 Å². The maximum atomic E-state index is 6.16. The quantitative estimate of drug-likeness (QED) is 0.188. The molecule has 5 nitrogen and oxygen atoms in total. The van der Waals surface area contributed by atoms with Gasteiger partial charge in [0.15, 0.2) is 0 Å². The number of para-hydroxylation sites is 1. The van der Waals surface area contributed by atoms with Gasteiger partial charge in [-0.2, -0.15) is 0 Å². The molecule has 5 heteroatoms. The molecule has 0 spiro atoms. The molecule has 0 unspecified atom stereocenters. The van der Waals surface area contributed by atoms with Crippen molar-refractivity contribution in [1.82, 2.24) is 4.57 Å². The van der Waals surface area contributed by atoms with E-state index in [0.717, 1.165) is 45.0 Å². The molecule has 9 rings (SSSR count). The lowest BCUT2D eigenvalue weighted by molar-refractivity contribution is 0.131. The van der Waals surface area contributed by atoms with E-state index in [1.807, 2.05) is 0 Å². The summed E-state index contributed by atoms with van der Waals surface area (Å²) in [5.74, 6) is 1.44. The molecule has 240 valence electrons. The average molecular weight is 640 g/mol. The summed E-state index contributed by atoms with van der Waals surface area (Å²) in [4.78, 5) is 9.36. The highest BCUT2D eigenvalue weighted by Crippen LogP contribution is 2.40. The molecule has 6 aromatic carbocycles. The van der Waals surface area contributed by atoms with Crippen molar-refractivity contribution in [3.63, 3.8) is 0 Å². The Hall–Kier alpha value is -5.68. The van der Waals surface area contributed by atoms with Gasteiger partial charge in [-0.05, 0) is 104 Å². The molecule has 7 aromatic rings. The Labute approximate surface area is 286 Å². The van der Waals surface area contributed by atoms with Crippen LogP contribution in [0.1, 0.15) is 38.8 Å². The van der Waals surface area contributed by atoms with Gasteiger partial charge in [0.2, 0.25) is 11.8 Å². The van der Waals surface area contributed by atoms with Gasteiger partial charge in [0.05, 0.1) is 24.1 Å². The summed E-state index contributed by atoms with van der Waals surface area (Å²) < 4.78 is 14.7. The van der Waals surface area contributed by atoms with Crippen LogP contribution in [0.3, 0.4) is 0 Å². The highest BCUT2D eigenvalue weighted by atomic mass is 16.5. The van der Waals surface area contributed by atoms with Crippen molar-refractivity contribution in [2.75, 3.05) is 13.1 Å². The molecule has 0 fully saturated rings. The fraction of sp³-hybridized carbons (Fsp3) is 0.182. The predicted octanol–water partition coefficient (Wildman–Crippen LogP) is 10.4. The molecule has 0 radical (unpaired) electrons. The van der Waals surface area contributed by atoms with E-state index in [-0.39, 0.29) is 11.2 Å². The second kappa shape index (κ2) is 10.9. The first-order valence-electron chi connectivity index (χ1n) is 17.0. The third-order valence-electron chi connectivity index (χ3n) is 9.60. The van der Waals surface area contributed by atoms with Crippen molar-refractivity contribution in [2.24, 2.45) is 9.98 Å². The van der Waals surface area contributed by atoms with Crippen molar-refractivity contribution in [3.05, 3.63) is 139 Å². The number of ether oxygens (including phenoxy) is 2. The predicted molar refractivity (Wildman–Crippen MR) is 202 cm³/mol. The van der Waals surface area contributed by atoms with Gasteiger partial charge in [0.25, 0.3) is 0 Å². The molecule has 0 amide bonds. The van der Waals surface area contributed by atoms with Gasteiger partial charge in [-0.15, -0.1) is 0 Å². The Bertz CT molecular complexity index is 2500. The smallest absolute Gasteiger partial charge is 0.216 e. The Morgan fingerprint density at radius 3 is 1.61 bits per heavy atom. The van der Waals surface area contributed by atoms with E-state index >= 15 is 0 Å². The van der Waals surface area contributed by atoms with Crippen LogP contribution in [-0.2, 0) is 9.47 Å². The van der Waals surface area contributed by atoms with Crippen LogP contribution in [0.4, 0.5) is 0 Å². The first-order chi connectivity index (χ1) is 23.7. The van der Waals surface area contributed by atoms with E-state index in [1.54, 1.807) is 0 Å². The minimum Gasteiger partial charge on any atom is -0.469 e. The van der Waals surface area contributed by atoms with Crippen molar-refractivity contribution in [1.29, 1.82) is 0 Å². The van der Waals surface area contributed by atoms with Gasteiger partial charge in [0, 0.05) is 33.0 Å². The van der Waals surface area contributed by atoms with E-state index < -0.39 is 0 Å². The molecule has 0 bridgehead atoms. The number of aromatic nitrogens is 1. The van der Waals surface area contributed by atoms with Gasteiger partial charge in [-0.3, -0.25) is 0 Å². The molecule has 0 saturated heterocycles. The van der Waals surface area contributed by atoms with Gasteiger partial charge in [-0.1, -0.05) is 78.9 Å². The lowest BCUT2D eigenvalue weighted by Crippen LogP contribution is -2.24. The van der Waals surface area contributed by atoms with Gasteiger partial charge < -0.3 is 14.0 Å². The Kier molecular flexibility index (Phi) is 6.57. The minimum atomic E-state index is -0.272. The average Bonchev–Trinajstić information content (AvgIpc) is 3.79. The summed E-state index contributed by atoms with van der Waals surface area (Å²) in [6.45, 7) is 9.65. The summed E-state index contributed by atoms with van der Waals surface area (Å²) in [6, 6.07) is 45.9. The molecular formula is C44H37N3O2. The zero-order valence-electron chi connectivity index (χ0n) is 28.2. The van der Waals surface area contributed by atoms with Crippen LogP contribution >= 0.6 is 0 Å². The minimum absolute atomic E-state index is 0.265. The fourth-order valence-electron chi connectivity index (χ4n) is 7.18. The maximum absolute atomic E-state index is 6.16. The zero-order chi connectivity index (χ0) is 33.3. The summed E-state index contributed by atoms with van der Waals surface area (Å²) in [6.07, 6.45) is 0. The number of nitrogens with zero attached hydrogens (tertiary/aromatic N) is 3. The molecule has 2 aliphatic heterocycles. The van der Waals surface area contributed by atoms with Crippen molar-refractivity contribution < 1.29 is 9.47 Å².